The van der Waals surface area contributed by atoms with Crippen molar-refractivity contribution in [2.24, 2.45) is 0 Å². The van der Waals surface area contributed by atoms with Crippen LogP contribution >= 0.6 is 0 Å². The molecule has 1 aromatic rings. The highest BCUT2D eigenvalue weighted by atomic mass is 16.5. The second kappa shape index (κ2) is 7.30. The van der Waals surface area contributed by atoms with Crippen molar-refractivity contribution in [3.05, 3.63) is 23.8 Å². The van der Waals surface area contributed by atoms with E-state index in [-0.39, 0.29) is 5.91 Å². The number of nitrogens with one attached hydrogen (secondary N) is 2. The van der Waals surface area contributed by atoms with Gasteiger partial charge >= 0.3 is 0 Å². The maximum absolute atomic E-state index is 11.6. The van der Waals surface area contributed by atoms with Gasteiger partial charge in [-0.05, 0) is 18.7 Å². The second-order valence-corrected chi connectivity index (χ2v) is 3.68. The molecule has 1 aromatic carbocycles. The second-order valence-electron chi connectivity index (χ2n) is 3.68. The van der Waals surface area contributed by atoms with Gasteiger partial charge in [0.1, 0.15) is 5.75 Å². The van der Waals surface area contributed by atoms with Crippen LogP contribution in [0.1, 0.15) is 18.9 Å². The van der Waals surface area contributed by atoms with Crippen LogP contribution in [0.25, 0.3) is 0 Å². The Bertz CT molecular complexity index is 452. The van der Waals surface area contributed by atoms with E-state index in [1.54, 1.807) is 18.2 Å². The van der Waals surface area contributed by atoms with E-state index in [0.717, 1.165) is 6.54 Å². The molecule has 1 amide bonds. The van der Waals surface area contributed by atoms with Gasteiger partial charge < -0.3 is 15.4 Å². The molecule has 1 rings (SSSR count). The fourth-order valence-corrected chi connectivity index (χ4v) is 1.46. The summed E-state index contributed by atoms with van der Waals surface area (Å²) in [6.07, 6.45) is 0.400. The molecule has 0 aliphatic rings. The van der Waals surface area contributed by atoms with Crippen LogP contribution in [-0.2, 0) is 4.79 Å². The molecule has 2 N–H and O–H groups in total. The largest absolute Gasteiger partial charge is 0.495 e. The van der Waals surface area contributed by atoms with E-state index in [4.69, 9.17) is 10.00 Å². The van der Waals surface area contributed by atoms with Crippen molar-refractivity contribution in [1.29, 1.82) is 5.26 Å². The van der Waals surface area contributed by atoms with Gasteiger partial charge in [0, 0.05) is 19.0 Å². The number of anilines is 1. The molecule has 5 heteroatoms. The minimum absolute atomic E-state index is 0.0843. The number of carbonyl (C=O) groups excluding carboxylic acids is 1. The highest BCUT2D eigenvalue weighted by Gasteiger charge is 2.08. The molecule has 0 unspecified atom stereocenters. The number of rotatable bonds is 6. The third kappa shape index (κ3) is 4.07. The normalized spacial score (nSPS) is 9.61. The lowest BCUT2D eigenvalue weighted by Gasteiger charge is -2.10. The highest BCUT2D eigenvalue weighted by Crippen LogP contribution is 2.25. The average Bonchev–Trinajstić information content (AvgIpc) is 2.39. The van der Waals surface area contributed by atoms with E-state index in [1.165, 1.54) is 7.11 Å². The fraction of sp³-hybridized carbons (Fsp3) is 0.385. The summed E-state index contributed by atoms with van der Waals surface area (Å²) in [5.41, 5.74) is 1.08. The SMILES string of the molecule is CCNCCC(=O)Nc1ccc(C#N)cc1OC. The lowest BCUT2D eigenvalue weighted by atomic mass is 10.2. The molecule has 0 radical (unpaired) electrons. The van der Waals surface area contributed by atoms with Gasteiger partial charge in [-0.2, -0.15) is 5.26 Å². The maximum atomic E-state index is 11.6. The van der Waals surface area contributed by atoms with Crippen molar-refractivity contribution >= 4 is 11.6 Å². The number of nitrogens with zero attached hydrogens (tertiary/aromatic N) is 1. The van der Waals surface area contributed by atoms with Crippen molar-refractivity contribution in [2.45, 2.75) is 13.3 Å². The first kappa shape index (κ1) is 14.0. The topological polar surface area (TPSA) is 74.2 Å². The Balaban J connectivity index is 2.66. The number of carbonyl (C=O) groups is 1. The van der Waals surface area contributed by atoms with E-state index in [2.05, 4.69) is 10.6 Å². The molecule has 0 fully saturated rings. The van der Waals surface area contributed by atoms with Crippen LogP contribution in [0.3, 0.4) is 0 Å². The summed E-state index contributed by atoms with van der Waals surface area (Å²) in [6.45, 7) is 3.47. The summed E-state index contributed by atoms with van der Waals surface area (Å²) >= 11 is 0. The molecular weight excluding hydrogens is 230 g/mol. The third-order valence-electron chi connectivity index (χ3n) is 2.38. The van der Waals surface area contributed by atoms with E-state index in [1.807, 2.05) is 13.0 Å². The number of amides is 1. The van der Waals surface area contributed by atoms with Crippen molar-refractivity contribution < 1.29 is 9.53 Å². The Labute approximate surface area is 107 Å². The maximum Gasteiger partial charge on any atom is 0.225 e. The minimum Gasteiger partial charge on any atom is -0.495 e. The summed E-state index contributed by atoms with van der Waals surface area (Å²) in [7, 11) is 1.50. The standard InChI is InChI=1S/C13H17N3O2/c1-3-15-7-6-13(17)16-11-5-4-10(9-14)8-12(11)18-2/h4-5,8,15H,3,6-7H2,1-2H3,(H,16,17). The van der Waals surface area contributed by atoms with E-state index >= 15 is 0 Å². The fourth-order valence-electron chi connectivity index (χ4n) is 1.46. The quantitative estimate of drug-likeness (QED) is 0.747. The van der Waals surface area contributed by atoms with Gasteiger partial charge in [0.25, 0.3) is 0 Å². The number of benzene rings is 1. The number of nitriles is 1. The molecule has 0 spiro atoms. The Morgan fingerprint density at radius 2 is 2.28 bits per heavy atom. The van der Waals surface area contributed by atoms with E-state index < -0.39 is 0 Å². The summed E-state index contributed by atoms with van der Waals surface area (Å²) < 4.78 is 5.13. The molecule has 0 saturated carbocycles. The van der Waals surface area contributed by atoms with Gasteiger partial charge in [-0.25, -0.2) is 0 Å². The van der Waals surface area contributed by atoms with Crippen LogP contribution < -0.4 is 15.4 Å². The smallest absolute Gasteiger partial charge is 0.225 e. The monoisotopic (exact) mass is 247 g/mol. The lowest BCUT2D eigenvalue weighted by Crippen LogP contribution is -2.21. The zero-order valence-electron chi connectivity index (χ0n) is 10.6. The zero-order valence-corrected chi connectivity index (χ0v) is 10.6. The van der Waals surface area contributed by atoms with Crippen LogP contribution in [0.15, 0.2) is 18.2 Å². The van der Waals surface area contributed by atoms with Crippen LogP contribution in [-0.4, -0.2) is 26.1 Å². The third-order valence-corrected chi connectivity index (χ3v) is 2.38. The van der Waals surface area contributed by atoms with Crippen LogP contribution in [0, 0.1) is 11.3 Å². The van der Waals surface area contributed by atoms with Crippen molar-refractivity contribution in [1.82, 2.24) is 5.32 Å². The molecule has 96 valence electrons. The van der Waals surface area contributed by atoms with Gasteiger partial charge in [0.2, 0.25) is 5.91 Å². The first-order valence-electron chi connectivity index (χ1n) is 5.80. The first-order chi connectivity index (χ1) is 8.71. The Morgan fingerprint density at radius 3 is 2.89 bits per heavy atom. The zero-order chi connectivity index (χ0) is 13.4. The number of ether oxygens (including phenoxy) is 1. The summed E-state index contributed by atoms with van der Waals surface area (Å²) in [6, 6.07) is 6.93. The molecule has 5 nitrogen and oxygen atoms in total. The van der Waals surface area contributed by atoms with Crippen molar-refractivity contribution in [3.8, 4) is 11.8 Å². The highest BCUT2D eigenvalue weighted by molar-refractivity contribution is 5.92. The molecule has 0 aliphatic heterocycles. The molecule has 0 saturated heterocycles. The van der Waals surface area contributed by atoms with Crippen LogP contribution in [0.2, 0.25) is 0 Å². The summed E-state index contributed by atoms with van der Waals surface area (Å²) in [5.74, 6) is 0.407. The molecule has 0 aromatic heterocycles. The van der Waals surface area contributed by atoms with Gasteiger partial charge in [0.05, 0.1) is 24.4 Å². The van der Waals surface area contributed by atoms with E-state index in [0.29, 0.717) is 30.0 Å². The molecule has 0 bridgehead atoms. The molecular formula is C13H17N3O2. The predicted molar refractivity (Wildman–Crippen MR) is 69.5 cm³/mol. The molecule has 18 heavy (non-hydrogen) atoms. The van der Waals surface area contributed by atoms with Gasteiger partial charge in [-0.3, -0.25) is 4.79 Å². The molecule has 0 heterocycles. The lowest BCUT2D eigenvalue weighted by molar-refractivity contribution is -0.116. The Morgan fingerprint density at radius 1 is 1.50 bits per heavy atom. The van der Waals surface area contributed by atoms with Gasteiger partial charge in [0.15, 0.2) is 0 Å². The number of methoxy groups -OCH3 is 1. The first-order valence-corrected chi connectivity index (χ1v) is 5.80. The predicted octanol–water partition coefficient (Wildman–Crippen LogP) is 1.50. The van der Waals surface area contributed by atoms with Gasteiger partial charge in [-0.1, -0.05) is 6.92 Å². The number of hydrogen-bond acceptors (Lipinski definition) is 4. The van der Waals surface area contributed by atoms with Gasteiger partial charge in [-0.15, -0.1) is 0 Å². The Hall–Kier alpha value is -2.06. The van der Waals surface area contributed by atoms with Crippen molar-refractivity contribution in [2.75, 3.05) is 25.5 Å². The summed E-state index contributed by atoms with van der Waals surface area (Å²) in [4.78, 5) is 11.6. The van der Waals surface area contributed by atoms with Crippen LogP contribution in [0.5, 0.6) is 5.75 Å². The van der Waals surface area contributed by atoms with Crippen molar-refractivity contribution in [3.63, 3.8) is 0 Å². The molecule has 0 atom stereocenters. The minimum atomic E-state index is -0.0843. The number of hydrogen-bond donors (Lipinski definition) is 2. The van der Waals surface area contributed by atoms with Crippen LogP contribution in [0.4, 0.5) is 5.69 Å². The molecule has 0 aliphatic carbocycles. The summed E-state index contributed by atoms with van der Waals surface area (Å²) in [5, 5.41) is 14.6. The average molecular weight is 247 g/mol. The Kier molecular flexibility index (Phi) is 5.68. The van der Waals surface area contributed by atoms with E-state index in [9.17, 15) is 4.79 Å².